The number of hydrogen-bond donors (Lipinski definition) is 0. The summed E-state index contributed by atoms with van der Waals surface area (Å²) in [6.07, 6.45) is 1.09. The summed E-state index contributed by atoms with van der Waals surface area (Å²) >= 11 is 0. The van der Waals surface area contributed by atoms with Gasteiger partial charge in [-0.15, -0.1) is 0 Å². The molecule has 0 N–H and O–H groups in total. The molecule has 0 aliphatic carbocycles. The van der Waals surface area contributed by atoms with E-state index in [-0.39, 0.29) is 0 Å². The Bertz CT molecular complexity index is 360. The van der Waals surface area contributed by atoms with Crippen molar-refractivity contribution in [3.63, 3.8) is 0 Å². The topological polar surface area (TPSA) is 44.8 Å². The van der Waals surface area contributed by atoms with Crippen molar-refractivity contribution in [3.8, 4) is 0 Å². The molecule has 0 amide bonds. The molecular formula is C11H14O4Si. The van der Waals surface area contributed by atoms with E-state index in [1.54, 1.807) is 12.1 Å². The van der Waals surface area contributed by atoms with Gasteiger partial charge in [0.05, 0.1) is 0 Å². The van der Waals surface area contributed by atoms with Crippen LogP contribution in [-0.4, -0.2) is 29.0 Å². The van der Waals surface area contributed by atoms with Gasteiger partial charge >= 0.3 is 14.8 Å². The molecule has 0 heterocycles. The van der Waals surface area contributed by atoms with E-state index in [0.29, 0.717) is 0 Å². The highest BCUT2D eigenvalue weighted by atomic mass is 28.4. The summed E-state index contributed by atoms with van der Waals surface area (Å²) in [5.41, 5.74) is 0. The Balaban J connectivity index is 3.05. The molecule has 1 aromatic carbocycles. The zero-order chi connectivity index (χ0) is 12.0. The summed E-state index contributed by atoms with van der Waals surface area (Å²) < 4.78 is 15.8. The predicted molar refractivity (Wildman–Crippen MR) is 62.1 cm³/mol. The van der Waals surface area contributed by atoms with Crippen LogP contribution in [0.2, 0.25) is 0 Å². The van der Waals surface area contributed by atoms with Crippen LogP contribution < -0.4 is 5.19 Å². The first kappa shape index (κ1) is 12.6. The van der Waals surface area contributed by atoms with Crippen molar-refractivity contribution in [1.29, 1.82) is 0 Å². The smallest absolute Gasteiger partial charge is 0.467 e. The largest absolute Gasteiger partial charge is 0.604 e. The normalized spacial score (nSPS) is 10.9. The molecule has 0 saturated carbocycles. The van der Waals surface area contributed by atoms with Crippen molar-refractivity contribution >= 4 is 20.0 Å². The van der Waals surface area contributed by atoms with Crippen LogP contribution in [0, 0.1) is 0 Å². The summed E-state index contributed by atoms with van der Waals surface area (Å²) in [5, 5.41) is 0.732. The fraction of sp³-hybridized carbons (Fsp3) is 0.182. The second-order valence-electron chi connectivity index (χ2n) is 2.96. The van der Waals surface area contributed by atoms with Gasteiger partial charge in [-0.05, 0) is 0 Å². The number of carbonyl (C=O) groups excluding carboxylic acids is 1. The molecule has 0 bridgehead atoms. The third kappa shape index (κ3) is 2.57. The van der Waals surface area contributed by atoms with Crippen molar-refractivity contribution in [1.82, 2.24) is 0 Å². The Kier molecular flexibility index (Phi) is 4.42. The summed E-state index contributed by atoms with van der Waals surface area (Å²) in [6, 6.07) is 9.13. The molecule has 1 aromatic rings. The maximum Gasteiger partial charge on any atom is 0.604 e. The lowest BCUT2D eigenvalue weighted by Gasteiger charge is -2.25. The Morgan fingerprint density at radius 3 is 2.25 bits per heavy atom. The molecule has 0 aliphatic rings. The fourth-order valence-electron chi connectivity index (χ4n) is 1.28. The average Bonchev–Trinajstić information content (AvgIpc) is 2.37. The second kappa shape index (κ2) is 5.60. The highest BCUT2D eigenvalue weighted by molar-refractivity contribution is 6.76. The molecule has 0 unspecified atom stereocenters. The molecule has 0 spiro atoms. The predicted octanol–water partition coefficient (Wildman–Crippen LogP) is 0.854. The van der Waals surface area contributed by atoms with E-state index < -0.39 is 14.8 Å². The third-order valence-electron chi connectivity index (χ3n) is 2.07. The Hall–Kier alpha value is -1.43. The molecule has 0 saturated heterocycles. The zero-order valence-electron chi connectivity index (χ0n) is 9.30. The van der Waals surface area contributed by atoms with E-state index in [1.807, 2.05) is 18.2 Å². The standard InChI is InChI=1S/C11H14O4Si/c1-4-11(12)15-16(13-2,14-3)10-8-6-5-7-9-10/h4-9H,1H2,2-3H3. The SMILES string of the molecule is C=CC(=O)O[Si](OC)(OC)c1ccccc1. The molecule has 0 aliphatic heterocycles. The first-order chi connectivity index (χ1) is 7.68. The summed E-state index contributed by atoms with van der Waals surface area (Å²) in [4.78, 5) is 11.3. The molecule has 86 valence electrons. The van der Waals surface area contributed by atoms with Crippen molar-refractivity contribution in [2.45, 2.75) is 0 Å². The summed E-state index contributed by atoms with van der Waals surface area (Å²) in [6.45, 7) is 3.34. The van der Waals surface area contributed by atoms with E-state index in [1.165, 1.54) is 14.2 Å². The van der Waals surface area contributed by atoms with Gasteiger partial charge < -0.3 is 13.3 Å². The van der Waals surface area contributed by atoms with E-state index in [4.69, 9.17) is 13.3 Å². The number of carbonyl (C=O) groups is 1. The van der Waals surface area contributed by atoms with Gasteiger partial charge in [0.2, 0.25) is 0 Å². The van der Waals surface area contributed by atoms with Crippen LogP contribution in [0.25, 0.3) is 0 Å². The van der Waals surface area contributed by atoms with Crippen LogP contribution in [0.5, 0.6) is 0 Å². The van der Waals surface area contributed by atoms with Gasteiger partial charge in [-0.25, -0.2) is 4.79 Å². The van der Waals surface area contributed by atoms with Gasteiger partial charge in [-0.3, -0.25) is 0 Å². The molecule has 5 heteroatoms. The van der Waals surface area contributed by atoms with E-state index >= 15 is 0 Å². The van der Waals surface area contributed by atoms with E-state index in [0.717, 1.165) is 11.3 Å². The van der Waals surface area contributed by atoms with Gasteiger partial charge in [-0.1, -0.05) is 36.9 Å². The van der Waals surface area contributed by atoms with Crippen LogP contribution >= 0.6 is 0 Å². The highest BCUT2D eigenvalue weighted by Gasteiger charge is 2.45. The Morgan fingerprint density at radius 2 is 1.81 bits per heavy atom. The lowest BCUT2D eigenvalue weighted by molar-refractivity contribution is -0.132. The summed E-state index contributed by atoms with van der Waals surface area (Å²) in [7, 11) is -0.210. The second-order valence-corrected chi connectivity index (χ2v) is 5.67. The fourth-order valence-corrected chi connectivity index (χ4v) is 3.15. The first-order valence-electron chi connectivity index (χ1n) is 4.69. The zero-order valence-corrected chi connectivity index (χ0v) is 10.3. The van der Waals surface area contributed by atoms with E-state index in [2.05, 4.69) is 6.58 Å². The molecule has 0 fully saturated rings. The molecule has 0 atom stereocenters. The molecule has 16 heavy (non-hydrogen) atoms. The minimum absolute atomic E-state index is 0.556. The molecule has 0 aromatic heterocycles. The van der Waals surface area contributed by atoms with Crippen LogP contribution in [0.4, 0.5) is 0 Å². The Morgan fingerprint density at radius 1 is 1.25 bits per heavy atom. The quantitative estimate of drug-likeness (QED) is 0.563. The molecular weight excluding hydrogens is 224 g/mol. The van der Waals surface area contributed by atoms with Crippen LogP contribution in [0.1, 0.15) is 0 Å². The van der Waals surface area contributed by atoms with Gasteiger partial charge in [0, 0.05) is 25.5 Å². The van der Waals surface area contributed by atoms with Crippen molar-refractivity contribution in [2.24, 2.45) is 0 Å². The molecule has 1 rings (SSSR count). The van der Waals surface area contributed by atoms with Crippen LogP contribution in [0.15, 0.2) is 43.0 Å². The van der Waals surface area contributed by atoms with Gasteiger partial charge in [-0.2, -0.15) is 0 Å². The van der Waals surface area contributed by atoms with Crippen molar-refractivity contribution in [2.75, 3.05) is 14.2 Å². The average molecular weight is 238 g/mol. The molecule has 0 radical (unpaired) electrons. The highest BCUT2D eigenvalue weighted by Crippen LogP contribution is 2.08. The van der Waals surface area contributed by atoms with Crippen molar-refractivity contribution < 1.29 is 18.1 Å². The molecule has 4 nitrogen and oxygen atoms in total. The van der Waals surface area contributed by atoms with Crippen LogP contribution in [0.3, 0.4) is 0 Å². The van der Waals surface area contributed by atoms with Gasteiger partial charge in [0.15, 0.2) is 0 Å². The number of rotatable bonds is 5. The number of benzene rings is 1. The Labute approximate surface area is 95.8 Å². The van der Waals surface area contributed by atoms with Crippen molar-refractivity contribution in [3.05, 3.63) is 43.0 Å². The van der Waals surface area contributed by atoms with Gasteiger partial charge in [0.25, 0.3) is 0 Å². The lowest BCUT2D eigenvalue weighted by Crippen LogP contribution is -2.56. The van der Waals surface area contributed by atoms with Gasteiger partial charge in [0.1, 0.15) is 0 Å². The maximum absolute atomic E-state index is 11.3. The first-order valence-corrected chi connectivity index (χ1v) is 6.42. The number of hydrogen-bond acceptors (Lipinski definition) is 4. The maximum atomic E-state index is 11.3. The minimum atomic E-state index is -3.12. The van der Waals surface area contributed by atoms with E-state index in [9.17, 15) is 4.79 Å². The minimum Gasteiger partial charge on any atom is -0.467 e. The van der Waals surface area contributed by atoms with Crippen LogP contribution in [-0.2, 0) is 18.1 Å². The lowest BCUT2D eigenvalue weighted by atomic mass is 10.4. The monoisotopic (exact) mass is 238 g/mol. The third-order valence-corrected chi connectivity index (χ3v) is 4.65. The summed E-state index contributed by atoms with van der Waals surface area (Å²) in [5.74, 6) is -0.556.